The smallest absolute Gasteiger partial charge is 0.227 e. The molecule has 3 rings (SSSR count). The van der Waals surface area contributed by atoms with Crippen LogP contribution in [-0.2, 0) is 4.79 Å². The normalized spacial score (nSPS) is 21.4. The summed E-state index contributed by atoms with van der Waals surface area (Å²) in [5, 5.41) is 2.94. The first kappa shape index (κ1) is 13.8. The number of hydrogen-bond donors (Lipinski definition) is 2. The molecule has 0 aromatic carbocycles. The fraction of sp³-hybridized carbons (Fsp3) is 0.400. The molecule has 21 heavy (non-hydrogen) atoms. The Morgan fingerprint density at radius 1 is 1.43 bits per heavy atom. The van der Waals surface area contributed by atoms with Crippen LogP contribution < -0.4 is 11.1 Å². The van der Waals surface area contributed by atoms with E-state index >= 15 is 0 Å². The fourth-order valence-electron chi connectivity index (χ4n) is 2.91. The van der Waals surface area contributed by atoms with Gasteiger partial charge < -0.3 is 11.1 Å². The molecule has 1 fully saturated rings. The minimum absolute atomic E-state index is 0.0309. The standard InChI is InChI=1S/C15H19N5O/c16-8-11-2-1-3-13(11)15(21)19-12-4-5-14(18-9-12)20-7-6-17-10-20/h4-7,9-11,13H,1-3,8,16H2,(H,19,21). The number of amides is 1. The lowest BCUT2D eigenvalue weighted by Gasteiger charge is -2.17. The third-order valence-electron chi connectivity index (χ3n) is 4.08. The van der Waals surface area contributed by atoms with Crippen LogP contribution >= 0.6 is 0 Å². The Morgan fingerprint density at radius 2 is 2.33 bits per heavy atom. The monoisotopic (exact) mass is 285 g/mol. The number of aromatic nitrogens is 3. The predicted octanol–water partition coefficient (Wildman–Crippen LogP) is 1.58. The van der Waals surface area contributed by atoms with Crippen molar-refractivity contribution in [2.45, 2.75) is 19.3 Å². The summed E-state index contributed by atoms with van der Waals surface area (Å²) in [4.78, 5) is 20.6. The van der Waals surface area contributed by atoms with Crippen molar-refractivity contribution in [1.29, 1.82) is 0 Å². The summed E-state index contributed by atoms with van der Waals surface area (Å²) < 4.78 is 1.81. The maximum atomic E-state index is 12.3. The molecule has 2 aromatic rings. The van der Waals surface area contributed by atoms with E-state index < -0.39 is 0 Å². The summed E-state index contributed by atoms with van der Waals surface area (Å²) in [5.41, 5.74) is 6.44. The lowest BCUT2D eigenvalue weighted by molar-refractivity contribution is -0.120. The molecule has 2 atom stereocenters. The van der Waals surface area contributed by atoms with Crippen LogP contribution in [0.15, 0.2) is 37.1 Å². The highest BCUT2D eigenvalue weighted by Gasteiger charge is 2.31. The van der Waals surface area contributed by atoms with E-state index in [0.29, 0.717) is 18.2 Å². The second-order valence-electron chi connectivity index (χ2n) is 5.40. The Morgan fingerprint density at radius 3 is 3.00 bits per heavy atom. The molecule has 3 N–H and O–H groups in total. The summed E-state index contributed by atoms with van der Waals surface area (Å²) >= 11 is 0. The Hall–Kier alpha value is -2.21. The number of nitrogens with two attached hydrogens (primary N) is 1. The van der Waals surface area contributed by atoms with E-state index in [9.17, 15) is 4.79 Å². The third kappa shape index (κ3) is 2.95. The molecule has 1 aliphatic rings. The lowest BCUT2D eigenvalue weighted by Crippen LogP contribution is -2.29. The van der Waals surface area contributed by atoms with Crippen LogP contribution in [0.3, 0.4) is 0 Å². The quantitative estimate of drug-likeness (QED) is 0.893. The molecule has 1 amide bonds. The first-order valence-corrected chi connectivity index (χ1v) is 7.23. The first-order chi connectivity index (χ1) is 10.3. The molecular weight excluding hydrogens is 266 g/mol. The van der Waals surface area contributed by atoms with Crippen molar-refractivity contribution < 1.29 is 4.79 Å². The molecule has 0 radical (unpaired) electrons. The van der Waals surface area contributed by atoms with Crippen molar-refractivity contribution >= 4 is 11.6 Å². The predicted molar refractivity (Wildman–Crippen MR) is 79.9 cm³/mol. The zero-order valence-electron chi connectivity index (χ0n) is 11.8. The van der Waals surface area contributed by atoms with Crippen LogP contribution in [0.2, 0.25) is 0 Å². The largest absolute Gasteiger partial charge is 0.330 e. The molecule has 0 saturated heterocycles. The summed E-state index contributed by atoms with van der Waals surface area (Å²) in [6, 6.07) is 3.71. The Balaban J connectivity index is 1.66. The zero-order chi connectivity index (χ0) is 14.7. The van der Waals surface area contributed by atoms with Crippen molar-refractivity contribution in [2.24, 2.45) is 17.6 Å². The molecule has 1 saturated carbocycles. The van der Waals surface area contributed by atoms with E-state index in [2.05, 4.69) is 15.3 Å². The average molecular weight is 285 g/mol. The molecular formula is C15H19N5O. The Kier molecular flexibility index (Phi) is 3.96. The van der Waals surface area contributed by atoms with Gasteiger partial charge in [0.15, 0.2) is 0 Å². The van der Waals surface area contributed by atoms with Gasteiger partial charge in [0.1, 0.15) is 12.1 Å². The molecule has 6 nitrogen and oxygen atoms in total. The Bertz CT molecular complexity index is 593. The maximum Gasteiger partial charge on any atom is 0.227 e. The molecule has 1 aliphatic carbocycles. The van der Waals surface area contributed by atoms with Gasteiger partial charge in [0.05, 0.1) is 11.9 Å². The van der Waals surface area contributed by atoms with E-state index in [1.54, 1.807) is 18.7 Å². The van der Waals surface area contributed by atoms with Gasteiger partial charge in [0.2, 0.25) is 5.91 Å². The molecule has 2 heterocycles. The SMILES string of the molecule is NCC1CCCC1C(=O)Nc1ccc(-n2ccnc2)nc1. The van der Waals surface area contributed by atoms with Gasteiger partial charge in [-0.25, -0.2) is 9.97 Å². The molecule has 0 spiro atoms. The van der Waals surface area contributed by atoms with Gasteiger partial charge in [-0.2, -0.15) is 0 Å². The second kappa shape index (κ2) is 6.05. The van der Waals surface area contributed by atoms with Crippen LogP contribution in [0.25, 0.3) is 5.82 Å². The van der Waals surface area contributed by atoms with Crippen LogP contribution in [0.4, 0.5) is 5.69 Å². The molecule has 6 heteroatoms. The van der Waals surface area contributed by atoms with Crippen LogP contribution in [0.1, 0.15) is 19.3 Å². The van der Waals surface area contributed by atoms with Crippen molar-refractivity contribution in [3.63, 3.8) is 0 Å². The van der Waals surface area contributed by atoms with Gasteiger partial charge >= 0.3 is 0 Å². The third-order valence-corrected chi connectivity index (χ3v) is 4.08. The highest BCUT2D eigenvalue weighted by molar-refractivity contribution is 5.92. The number of anilines is 1. The second-order valence-corrected chi connectivity index (χ2v) is 5.40. The van der Waals surface area contributed by atoms with Gasteiger partial charge in [-0.1, -0.05) is 6.42 Å². The zero-order valence-corrected chi connectivity index (χ0v) is 11.8. The number of rotatable bonds is 4. The van der Waals surface area contributed by atoms with E-state index in [0.717, 1.165) is 25.1 Å². The van der Waals surface area contributed by atoms with Gasteiger partial charge in [-0.15, -0.1) is 0 Å². The number of nitrogens with zero attached hydrogens (tertiary/aromatic N) is 3. The van der Waals surface area contributed by atoms with Crippen molar-refractivity contribution in [1.82, 2.24) is 14.5 Å². The molecule has 0 bridgehead atoms. The summed E-state index contributed by atoms with van der Waals surface area (Å²) in [7, 11) is 0. The number of hydrogen-bond acceptors (Lipinski definition) is 4. The molecule has 0 aliphatic heterocycles. The van der Waals surface area contributed by atoms with Crippen molar-refractivity contribution in [2.75, 3.05) is 11.9 Å². The Labute approximate surface area is 123 Å². The number of carbonyl (C=O) groups excluding carboxylic acids is 1. The number of carbonyl (C=O) groups is 1. The van der Waals surface area contributed by atoms with E-state index in [1.807, 2.05) is 22.9 Å². The lowest BCUT2D eigenvalue weighted by atomic mass is 9.95. The highest BCUT2D eigenvalue weighted by Crippen LogP contribution is 2.31. The van der Waals surface area contributed by atoms with Gasteiger partial charge in [0, 0.05) is 18.3 Å². The molecule has 2 aromatic heterocycles. The fourth-order valence-corrected chi connectivity index (χ4v) is 2.91. The number of nitrogens with one attached hydrogen (secondary N) is 1. The highest BCUT2D eigenvalue weighted by atomic mass is 16.1. The summed E-state index contributed by atoms with van der Waals surface area (Å²) in [6.07, 6.45) is 9.93. The van der Waals surface area contributed by atoms with E-state index in [1.165, 1.54) is 0 Å². The average Bonchev–Trinajstić information content (AvgIpc) is 3.19. The first-order valence-electron chi connectivity index (χ1n) is 7.23. The minimum atomic E-state index is 0.0309. The van der Waals surface area contributed by atoms with Gasteiger partial charge in [0.25, 0.3) is 0 Å². The number of pyridine rings is 1. The van der Waals surface area contributed by atoms with Gasteiger partial charge in [-0.3, -0.25) is 9.36 Å². The van der Waals surface area contributed by atoms with E-state index in [-0.39, 0.29) is 11.8 Å². The van der Waals surface area contributed by atoms with Gasteiger partial charge in [-0.05, 0) is 37.4 Å². The topological polar surface area (TPSA) is 85.8 Å². The summed E-state index contributed by atoms with van der Waals surface area (Å²) in [5.74, 6) is 1.16. The minimum Gasteiger partial charge on any atom is -0.330 e. The molecule has 110 valence electrons. The molecule has 2 unspecified atom stereocenters. The van der Waals surface area contributed by atoms with E-state index in [4.69, 9.17) is 5.73 Å². The number of imidazole rings is 1. The van der Waals surface area contributed by atoms with Crippen LogP contribution in [-0.4, -0.2) is 27.0 Å². The maximum absolute atomic E-state index is 12.3. The van der Waals surface area contributed by atoms with Crippen LogP contribution in [0, 0.1) is 11.8 Å². The van der Waals surface area contributed by atoms with Crippen LogP contribution in [0.5, 0.6) is 0 Å². The van der Waals surface area contributed by atoms with Crippen molar-refractivity contribution in [3.8, 4) is 5.82 Å². The van der Waals surface area contributed by atoms with Crippen molar-refractivity contribution in [3.05, 3.63) is 37.1 Å². The summed E-state index contributed by atoms with van der Waals surface area (Å²) in [6.45, 7) is 0.579.